The lowest BCUT2D eigenvalue weighted by molar-refractivity contribution is -0.143. The smallest absolute Gasteiger partial charge is 0.329 e. The fourth-order valence-corrected chi connectivity index (χ4v) is 2.32. The van der Waals surface area contributed by atoms with Crippen LogP contribution in [-0.4, -0.2) is 36.7 Å². The summed E-state index contributed by atoms with van der Waals surface area (Å²) in [7, 11) is 0. The molecule has 1 aliphatic carbocycles. The van der Waals surface area contributed by atoms with Gasteiger partial charge in [0.15, 0.2) is 0 Å². The Morgan fingerprint density at radius 3 is 2.50 bits per heavy atom. The van der Waals surface area contributed by atoms with Crippen molar-refractivity contribution in [3.8, 4) is 0 Å². The van der Waals surface area contributed by atoms with E-state index in [1.807, 2.05) is 0 Å². The third-order valence-corrected chi connectivity index (χ3v) is 3.47. The number of hydrogen-bond donors (Lipinski definition) is 2. The standard InChI is InChI=1S/C13H23NO4/c1-10-2-4-11(5-3-10)6-7-14-12(15)8-18-9-13(16)17/h10-11H,2-9H2,1H3,(H,14,15)(H,16,17). The summed E-state index contributed by atoms with van der Waals surface area (Å²) in [5.41, 5.74) is 0. The average molecular weight is 257 g/mol. The van der Waals surface area contributed by atoms with Crippen LogP contribution in [0, 0.1) is 11.8 Å². The largest absolute Gasteiger partial charge is 0.480 e. The van der Waals surface area contributed by atoms with Gasteiger partial charge in [-0.3, -0.25) is 4.79 Å². The summed E-state index contributed by atoms with van der Waals surface area (Å²) in [6.07, 6.45) is 6.11. The zero-order chi connectivity index (χ0) is 13.4. The van der Waals surface area contributed by atoms with Crippen LogP contribution in [0.15, 0.2) is 0 Å². The predicted octanol–water partition coefficient (Wildman–Crippen LogP) is 1.42. The minimum atomic E-state index is -1.06. The van der Waals surface area contributed by atoms with Gasteiger partial charge in [0.1, 0.15) is 13.2 Å². The van der Waals surface area contributed by atoms with E-state index in [0.29, 0.717) is 6.54 Å². The second-order valence-electron chi connectivity index (χ2n) is 5.15. The van der Waals surface area contributed by atoms with Crippen LogP contribution in [-0.2, 0) is 14.3 Å². The molecule has 1 amide bonds. The minimum absolute atomic E-state index is 0.173. The molecule has 0 saturated heterocycles. The van der Waals surface area contributed by atoms with E-state index in [1.54, 1.807) is 0 Å². The van der Waals surface area contributed by atoms with Gasteiger partial charge in [-0.1, -0.05) is 32.6 Å². The van der Waals surface area contributed by atoms with Crippen molar-refractivity contribution in [3.05, 3.63) is 0 Å². The Bertz CT molecular complexity index is 272. The molecule has 0 radical (unpaired) electrons. The van der Waals surface area contributed by atoms with Crippen molar-refractivity contribution >= 4 is 11.9 Å². The van der Waals surface area contributed by atoms with Crippen molar-refractivity contribution in [1.29, 1.82) is 0 Å². The van der Waals surface area contributed by atoms with Gasteiger partial charge in [0.2, 0.25) is 5.91 Å². The molecular formula is C13H23NO4. The first-order valence-electron chi connectivity index (χ1n) is 6.64. The molecule has 5 nitrogen and oxygen atoms in total. The molecule has 0 spiro atoms. The van der Waals surface area contributed by atoms with Gasteiger partial charge < -0.3 is 15.2 Å². The second kappa shape index (κ2) is 8.08. The van der Waals surface area contributed by atoms with Gasteiger partial charge in [-0.25, -0.2) is 4.79 Å². The predicted molar refractivity (Wildman–Crippen MR) is 67.2 cm³/mol. The van der Waals surface area contributed by atoms with E-state index in [9.17, 15) is 9.59 Å². The number of carboxylic acids is 1. The van der Waals surface area contributed by atoms with E-state index in [0.717, 1.165) is 18.3 Å². The lowest BCUT2D eigenvalue weighted by Gasteiger charge is -2.26. The number of carbonyl (C=O) groups is 2. The molecule has 0 aromatic carbocycles. The fraction of sp³-hybridized carbons (Fsp3) is 0.846. The quantitative estimate of drug-likeness (QED) is 0.723. The van der Waals surface area contributed by atoms with Crippen LogP contribution in [0.25, 0.3) is 0 Å². The highest BCUT2D eigenvalue weighted by molar-refractivity contribution is 5.77. The zero-order valence-corrected chi connectivity index (χ0v) is 11.0. The van der Waals surface area contributed by atoms with Gasteiger partial charge >= 0.3 is 5.97 Å². The van der Waals surface area contributed by atoms with Crippen molar-refractivity contribution in [2.24, 2.45) is 11.8 Å². The Balaban J connectivity index is 2.00. The molecule has 0 heterocycles. The van der Waals surface area contributed by atoms with Gasteiger partial charge in [-0.05, 0) is 18.3 Å². The summed E-state index contributed by atoms with van der Waals surface area (Å²) < 4.78 is 4.70. The maximum Gasteiger partial charge on any atom is 0.329 e. The monoisotopic (exact) mass is 257 g/mol. The van der Waals surface area contributed by atoms with Crippen molar-refractivity contribution in [1.82, 2.24) is 5.32 Å². The summed E-state index contributed by atoms with van der Waals surface area (Å²) in [6, 6.07) is 0. The molecule has 1 rings (SSSR count). The van der Waals surface area contributed by atoms with Crippen molar-refractivity contribution in [2.75, 3.05) is 19.8 Å². The van der Waals surface area contributed by atoms with E-state index in [4.69, 9.17) is 9.84 Å². The molecule has 5 heteroatoms. The van der Waals surface area contributed by atoms with Crippen LogP contribution < -0.4 is 5.32 Å². The van der Waals surface area contributed by atoms with E-state index in [1.165, 1.54) is 25.7 Å². The van der Waals surface area contributed by atoms with Crippen LogP contribution in [0.1, 0.15) is 39.0 Å². The zero-order valence-electron chi connectivity index (χ0n) is 11.0. The van der Waals surface area contributed by atoms with E-state index < -0.39 is 12.6 Å². The van der Waals surface area contributed by atoms with Crippen LogP contribution in [0.2, 0.25) is 0 Å². The Morgan fingerprint density at radius 2 is 1.89 bits per heavy atom. The number of carboxylic acid groups (broad SMARTS) is 1. The molecule has 1 aliphatic rings. The van der Waals surface area contributed by atoms with Gasteiger partial charge in [0.05, 0.1) is 0 Å². The molecule has 0 aliphatic heterocycles. The highest BCUT2D eigenvalue weighted by Gasteiger charge is 2.17. The number of aliphatic carboxylic acids is 1. The summed E-state index contributed by atoms with van der Waals surface area (Å²) in [4.78, 5) is 21.5. The Labute approximate surface area is 108 Å². The molecule has 0 bridgehead atoms. The maximum atomic E-state index is 11.3. The fourth-order valence-electron chi connectivity index (χ4n) is 2.32. The van der Waals surface area contributed by atoms with Gasteiger partial charge in [-0.2, -0.15) is 0 Å². The summed E-state index contributed by atoms with van der Waals surface area (Å²) in [6.45, 7) is 2.36. The number of ether oxygens (including phenoxy) is 1. The van der Waals surface area contributed by atoms with Gasteiger partial charge in [0.25, 0.3) is 0 Å². The molecule has 104 valence electrons. The first-order valence-corrected chi connectivity index (χ1v) is 6.64. The first-order chi connectivity index (χ1) is 8.58. The third kappa shape index (κ3) is 6.59. The number of hydrogen-bond acceptors (Lipinski definition) is 3. The molecular weight excluding hydrogens is 234 g/mol. The van der Waals surface area contributed by atoms with Crippen LogP contribution in [0.4, 0.5) is 0 Å². The first kappa shape index (κ1) is 15.0. The summed E-state index contributed by atoms with van der Waals surface area (Å²) >= 11 is 0. The van der Waals surface area contributed by atoms with E-state index in [2.05, 4.69) is 12.2 Å². The minimum Gasteiger partial charge on any atom is -0.480 e. The lowest BCUT2D eigenvalue weighted by atomic mass is 9.81. The van der Waals surface area contributed by atoms with Gasteiger partial charge in [0, 0.05) is 6.54 Å². The van der Waals surface area contributed by atoms with Crippen LogP contribution in [0.5, 0.6) is 0 Å². The SMILES string of the molecule is CC1CCC(CCNC(=O)COCC(=O)O)CC1. The Morgan fingerprint density at radius 1 is 1.22 bits per heavy atom. The highest BCUT2D eigenvalue weighted by atomic mass is 16.5. The van der Waals surface area contributed by atoms with E-state index in [-0.39, 0.29) is 12.5 Å². The van der Waals surface area contributed by atoms with Gasteiger partial charge in [-0.15, -0.1) is 0 Å². The molecule has 0 unspecified atom stereocenters. The molecule has 0 aromatic heterocycles. The number of amides is 1. The molecule has 2 N–H and O–H groups in total. The summed E-state index contributed by atoms with van der Waals surface area (Å²) in [5.74, 6) is 0.279. The molecule has 18 heavy (non-hydrogen) atoms. The average Bonchev–Trinajstić information content (AvgIpc) is 2.31. The van der Waals surface area contributed by atoms with Crippen molar-refractivity contribution in [3.63, 3.8) is 0 Å². The molecule has 0 atom stereocenters. The molecule has 0 aromatic rings. The second-order valence-corrected chi connectivity index (χ2v) is 5.15. The topological polar surface area (TPSA) is 75.6 Å². The Kier molecular flexibility index (Phi) is 6.72. The number of nitrogens with one attached hydrogen (secondary N) is 1. The van der Waals surface area contributed by atoms with Crippen LogP contribution in [0.3, 0.4) is 0 Å². The van der Waals surface area contributed by atoms with Crippen LogP contribution >= 0.6 is 0 Å². The highest BCUT2D eigenvalue weighted by Crippen LogP contribution is 2.29. The normalized spacial score (nSPS) is 23.6. The molecule has 1 fully saturated rings. The molecule has 1 saturated carbocycles. The Hall–Kier alpha value is -1.10. The maximum absolute atomic E-state index is 11.3. The number of carbonyl (C=O) groups excluding carboxylic acids is 1. The van der Waals surface area contributed by atoms with E-state index >= 15 is 0 Å². The third-order valence-electron chi connectivity index (χ3n) is 3.47. The summed E-state index contributed by atoms with van der Waals surface area (Å²) in [5, 5.41) is 11.1. The van der Waals surface area contributed by atoms with Crippen molar-refractivity contribution < 1.29 is 19.4 Å². The van der Waals surface area contributed by atoms with Crippen molar-refractivity contribution in [2.45, 2.75) is 39.0 Å². The lowest BCUT2D eigenvalue weighted by Crippen LogP contribution is -2.30. The number of rotatable bonds is 7.